The predicted molar refractivity (Wildman–Crippen MR) is 139 cm³/mol. The number of carbonyl (C=O) groups excluding carboxylic acids is 3. The number of rotatable bonds is 6. The average Bonchev–Trinajstić information content (AvgIpc) is 3.19. The minimum Gasteiger partial charge on any atom is -0.492 e. The molecule has 0 atom stereocenters. The topological polar surface area (TPSA) is 101 Å². The van der Waals surface area contributed by atoms with Crippen LogP contribution in [0.2, 0.25) is 0 Å². The zero-order chi connectivity index (χ0) is 24.9. The molecular weight excluding hydrogens is 512 g/mol. The van der Waals surface area contributed by atoms with Gasteiger partial charge in [-0.25, -0.2) is 4.68 Å². The van der Waals surface area contributed by atoms with Gasteiger partial charge in [0.1, 0.15) is 11.4 Å². The number of carbonyl (C=O) groups is 3. The van der Waals surface area contributed by atoms with Crippen molar-refractivity contribution in [1.82, 2.24) is 4.68 Å². The number of ether oxygens (including phenoxy) is 1. The molecule has 9 heteroatoms. The molecule has 4 aromatic rings. The molecular formula is C26H23BrN4O4. The van der Waals surface area contributed by atoms with Gasteiger partial charge in [-0.1, -0.05) is 45.8 Å². The lowest BCUT2D eigenvalue weighted by molar-refractivity contribution is -0.133. The van der Waals surface area contributed by atoms with Crippen LogP contribution < -0.4 is 20.8 Å². The van der Waals surface area contributed by atoms with Gasteiger partial charge >= 0.3 is 11.8 Å². The lowest BCUT2D eigenvalue weighted by Gasteiger charge is -2.14. The number of nitrogens with zero attached hydrogens (tertiary/aromatic N) is 1. The zero-order valence-electron chi connectivity index (χ0n) is 19.1. The molecule has 0 aliphatic heterocycles. The third-order valence-corrected chi connectivity index (χ3v) is 5.65. The number of hydrogen-bond acceptors (Lipinski definition) is 4. The summed E-state index contributed by atoms with van der Waals surface area (Å²) in [5, 5.41) is 6.09. The smallest absolute Gasteiger partial charge is 0.328 e. The monoisotopic (exact) mass is 534 g/mol. The maximum Gasteiger partial charge on any atom is 0.328 e. The van der Waals surface area contributed by atoms with E-state index in [2.05, 4.69) is 32.0 Å². The Balaban J connectivity index is 1.61. The van der Waals surface area contributed by atoms with Gasteiger partial charge in [-0.15, -0.1) is 0 Å². The summed E-state index contributed by atoms with van der Waals surface area (Å²) >= 11 is 3.42. The van der Waals surface area contributed by atoms with Gasteiger partial charge in [0.05, 0.1) is 17.8 Å². The second-order valence-electron chi connectivity index (χ2n) is 7.71. The molecule has 35 heavy (non-hydrogen) atoms. The van der Waals surface area contributed by atoms with Gasteiger partial charge in [-0.05, 0) is 62.4 Å². The van der Waals surface area contributed by atoms with E-state index in [9.17, 15) is 14.4 Å². The predicted octanol–water partition coefficient (Wildman–Crippen LogP) is 5.07. The van der Waals surface area contributed by atoms with Crippen molar-refractivity contribution in [2.75, 3.05) is 22.7 Å². The zero-order valence-corrected chi connectivity index (χ0v) is 20.7. The molecule has 4 rings (SSSR count). The fourth-order valence-corrected chi connectivity index (χ4v) is 3.87. The van der Waals surface area contributed by atoms with E-state index in [1.165, 1.54) is 4.68 Å². The number of hydrogen-bond donors (Lipinski definition) is 3. The molecule has 3 amide bonds. The van der Waals surface area contributed by atoms with Crippen LogP contribution in [-0.4, -0.2) is 29.0 Å². The molecule has 0 radical (unpaired) electrons. The van der Waals surface area contributed by atoms with E-state index < -0.39 is 17.7 Å². The van der Waals surface area contributed by atoms with Crippen LogP contribution in [0, 0.1) is 6.92 Å². The van der Waals surface area contributed by atoms with E-state index in [0.29, 0.717) is 34.6 Å². The molecule has 0 spiro atoms. The van der Waals surface area contributed by atoms with Crippen molar-refractivity contribution < 1.29 is 19.1 Å². The molecule has 0 bridgehead atoms. The molecule has 178 valence electrons. The van der Waals surface area contributed by atoms with Crippen molar-refractivity contribution in [1.29, 1.82) is 0 Å². The SMILES string of the molecule is CCOc1ccccc1NC(=O)C(=O)Nn1c(C(=O)Nc2ccc(C)cc2)cc2cc(Br)ccc21. The van der Waals surface area contributed by atoms with Crippen molar-refractivity contribution in [3.63, 3.8) is 0 Å². The van der Waals surface area contributed by atoms with Crippen LogP contribution in [-0.2, 0) is 9.59 Å². The first-order valence-corrected chi connectivity index (χ1v) is 11.7. The minimum absolute atomic E-state index is 0.162. The quantitative estimate of drug-likeness (QED) is 0.300. The van der Waals surface area contributed by atoms with E-state index >= 15 is 0 Å². The Morgan fingerprint density at radius 3 is 2.40 bits per heavy atom. The number of benzene rings is 3. The minimum atomic E-state index is -0.943. The standard InChI is InChI=1S/C26H23BrN4O4/c1-3-35-23-7-5-4-6-20(23)29-25(33)26(34)30-31-21-13-10-18(27)14-17(21)15-22(31)24(32)28-19-11-8-16(2)9-12-19/h4-15H,3H2,1-2H3,(H,28,32)(H,29,33)(H,30,34). The normalized spacial score (nSPS) is 10.6. The van der Waals surface area contributed by atoms with Gasteiger partial charge in [0, 0.05) is 15.5 Å². The molecule has 0 saturated heterocycles. The van der Waals surface area contributed by atoms with E-state index in [1.807, 2.05) is 32.0 Å². The molecule has 0 fully saturated rings. The summed E-state index contributed by atoms with van der Waals surface area (Å²) in [4.78, 5) is 38.7. The largest absolute Gasteiger partial charge is 0.492 e. The Morgan fingerprint density at radius 2 is 1.66 bits per heavy atom. The van der Waals surface area contributed by atoms with Gasteiger partial charge in [0.15, 0.2) is 0 Å². The first-order chi connectivity index (χ1) is 16.9. The maximum absolute atomic E-state index is 13.1. The molecule has 8 nitrogen and oxygen atoms in total. The van der Waals surface area contributed by atoms with Crippen molar-refractivity contribution in [2.24, 2.45) is 0 Å². The maximum atomic E-state index is 13.1. The van der Waals surface area contributed by atoms with Crippen LogP contribution in [0.15, 0.2) is 77.3 Å². The van der Waals surface area contributed by atoms with E-state index in [0.717, 1.165) is 10.0 Å². The first kappa shape index (κ1) is 24.0. The summed E-state index contributed by atoms with van der Waals surface area (Å²) in [6.45, 7) is 4.18. The van der Waals surface area contributed by atoms with Crippen LogP contribution >= 0.6 is 15.9 Å². The summed E-state index contributed by atoms with van der Waals surface area (Å²) in [5.41, 5.74) is 5.30. The number of aryl methyl sites for hydroxylation is 1. The van der Waals surface area contributed by atoms with E-state index in [-0.39, 0.29) is 5.69 Å². The Hall–Kier alpha value is -4.11. The van der Waals surface area contributed by atoms with Crippen molar-refractivity contribution >= 4 is 55.9 Å². The molecule has 1 aromatic heterocycles. The van der Waals surface area contributed by atoms with Gasteiger partial charge in [-0.2, -0.15) is 0 Å². The van der Waals surface area contributed by atoms with E-state index in [1.54, 1.807) is 54.6 Å². The number of fused-ring (bicyclic) bond motifs is 1. The summed E-state index contributed by atoms with van der Waals surface area (Å²) in [6.07, 6.45) is 0. The van der Waals surface area contributed by atoms with Gasteiger partial charge < -0.3 is 15.4 Å². The number of halogens is 1. The summed E-state index contributed by atoms with van der Waals surface area (Å²) in [5.74, 6) is -1.84. The highest BCUT2D eigenvalue weighted by Crippen LogP contribution is 2.25. The number of nitrogens with one attached hydrogen (secondary N) is 3. The summed E-state index contributed by atoms with van der Waals surface area (Å²) < 4.78 is 7.61. The Morgan fingerprint density at radius 1 is 0.914 bits per heavy atom. The highest BCUT2D eigenvalue weighted by atomic mass is 79.9. The second kappa shape index (κ2) is 10.4. The summed E-state index contributed by atoms with van der Waals surface area (Å²) in [7, 11) is 0. The average molecular weight is 535 g/mol. The molecule has 1 heterocycles. The number of amides is 3. The Kier molecular flexibility index (Phi) is 7.17. The number of anilines is 2. The van der Waals surface area contributed by atoms with Crippen LogP contribution in [0.1, 0.15) is 23.0 Å². The van der Waals surface area contributed by atoms with Gasteiger partial charge in [0.25, 0.3) is 5.91 Å². The Labute approximate surface area is 210 Å². The van der Waals surface area contributed by atoms with Crippen molar-refractivity contribution in [2.45, 2.75) is 13.8 Å². The number of para-hydroxylation sites is 2. The van der Waals surface area contributed by atoms with Crippen LogP contribution in [0.4, 0.5) is 11.4 Å². The molecule has 0 aliphatic rings. The molecule has 3 aromatic carbocycles. The van der Waals surface area contributed by atoms with E-state index in [4.69, 9.17) is 4.74 Å². The highest BCUT2D eigenvalue weighted by molar-refractivity contribution is 9.10. The summed E-state index contributed by atoms with van der Waals surface area (Å²) in [6, 6.07) is 21.2. The molecule has 0 aliphatic carbocycles. The first-order valence-electron chi connectivity index (χ1n) is 10.9. The van der Waals surface area contributed by atoms with Crippen LogP contribution in [0.3, 0.4) is 0 Å². The lowest BCUT2D eigenvalue weighted by atomic mass is 10.2. The number of aromatic nitrogens is 1. The van der Waals surface area contributed by atoms with Gasteiger partial charge in [0.2, 0.25) is 0 Å². The fourth-order valence-electron chi connectivity index (χ4n) is 3.49. The fraction of sp³-hybridized carbons (Fsp3) is 0.115. The van der Waals surface area contributed by atoms with Crippen molar-refractivity contribution in [3.8, 4) is 5.75 Å². The Bertz CT molecular complexity index is 1410. The molecule has 0 saturated carbocycles. The highest BCUT2D eigenvalue weighted by Gasteiger charge is 2.22. The molecule has 3 N–H and O–H groups in total. The third kappa shape index (κ3) is 5.52. The van der Waals surface area contributed by atoms with Crippen molar-refractivity contribution in [3.05, 3.63) is 88.5 Å². The van der Waals surface area contributed by atoms with Crippen LogP contribution in [0.25, 0.3) is 10.9 Å². The lowest BCUT2D eigenvalue weighted by Crippen LogP contribution is -2.36. The third-order valence-electron chi connectivity index (χ3n) is 5.16. The second-order valence-corrected chi connectivity index (χ2v) is 8.63. The van der Waals surface area contributed by atoms with Gasteiger partial charge in [-0.3, -0.25) is 19.8 Å². The van der Waals surface area contributed by atoms with Crippen LogP contribution in [0.5, 0.6) is 5.75 Å². The molecule has 0 unspecified atom stereocenters.